The molecule has 0 aliphatic carbocycles. The van der Waals surface area contributed by atoms with Crippen LogP contribution in [-0.4, -0.2) is 47.4 Å². The number of benzene rings is 1. The summed E-state index contributed by atoms with van der Waals surface area (Å²) >= 11 is 1.29. The fourth-order valence-corrected chi connectivity index (χ4v) is 3.49. The highest BCUT2D eigenvalue weighted by atomic mass is 32.2. The van der Waals surface area contributed by atoms with Crippen molar-refractivity contribution >= 4 is 34.9 Å². The van der Waals surface area contributed by atoms with Crippen molar-refractivity contribution in [1.29, 1.82) is 0 Å². The predicted octanol–water partition coefficient (Wildman–Crippen LogP) is 2.32. The first kappa shape index (κ1) is 18.5. The maximum absolute atomic E-state index is 12.4. The van der Waals surface area contributed by atoms with E-state index in [0.717, 1.165) is 43.4 Å². The maximum Gasteiger partial charge on any atom is 0.237 e. The first-order chi connectivity index (χ1) is 12.5. The zero-order chi connectivity index (χ0) is 18.5. The zero-order valence-corrected chi connectivity index (χ0v) is 15.8. The molecule has 0 radical (unpaired) electrons. The summed E-state index contributed by atoms with van der Waals surface area (Å²) < 4.78 is 5.37. The Hall–Kier alpha value is -2.32. The molecule has 1 fully saturated rings. The van der Waals surface area contributed by atoms with E-state index in [1.54, 1.807) is 6.07 Å². The average molecular weight is 373 g/mol. The number of thioether (sulfide) groups is 1. The molecule has 0 spiro atoms. The molecule has 7 nitrogen and oxygen atoms in total. The highest BCUT2D eigenvalue weighted by molar-refractivity contribution is 8.00. The summed E-state index contributed by atoms with van der Waals surface area (Å²) in [7, 11) is 0. The highest BCUT2D eigenvalue weighted by Crippen LogP contribution is 2.23. The van der Waals surface area contributed by atoms with E-state index in [-0.39, 0.29) is 11.2 Å². The molecule has 1 saturated heterocycles. The molecule has 1 aromatic heterocycles. The number of nitrogens with one attached hydrogen (secondary N) is 1. The van der Waals surface area contributed by atoms with Gasteiger partial charge in [0.2, 0.25) is 5.91 Å². The summed E-state index contributed by atoms with van der Waals surface area (Å²) in [5.41, 5.74) is 8.42. The second-order valence-corrected chi connectivity index (χ2v) is 7.42. The van der Waals surface area contributed by atoms with Crippen molar-refractivity contribution < 1.29 is 9.53 Å². The zero-order valence-electron chi connectivity index (χ0n) is 14.9. The number of hydrogen-bond donors (Lipinski definition) is 2. The van der Waals surface area contributed by atoms with E-state index in [1.807, 2.05) is 38.1 Å². The lowest BCUT2D eigenvalue weighted by atomic mass is 10.2. The summed E-state index contributed by atoms with van der Waals surface area (Å²) in [5.74, 6) is 0.309. The van der Waals surface area contributed by atoms with Gasteiger partial charge in [0.1, 0.15) is 5.82 Å². The topological polar surface area (TPSA) is 93.4 Å². The second-order valence-electron chi connectivity index (χ2n) is 6.11. The molecule has 3 rings (SSSR count). The lowest BCUT2D eigenvalue weighted by Crippen LogP contribution is -2.36. The van der Waals surface area contributed by atoms with Gasteiger partial charge in [0.25, 0.3) is 0 Å². The standard InChI is InChI=1S/C18H23N5O2S/c1-12-11-16(19)22-18(20-12)26-13(2)17(24)21-14-3-5-15(6-4-14)23-7-9-25-10-8-23/h3-6,11,13H,7-10H2,1-2H3,(H,21,24)(H2,19,20,22). The van der Waals surface area contributed by atoms with Crippen LogP contribution >= 0.6 is 11.8 Å². The number of nitrogens with two attached hydrogens (primary N) is 1. The van der Waals surface area contributed by atoms with E-state index in [0.29, 0.717) is 11.0 Å². The van der Waals surface area contributed by atoms with Gasteiger partial charge in [0.05, 0.1) is 18.5 Å². The molecule has 1 amide bonds. The number of anilines is 3. The average Bonchev–Trinajstić information content (AvgIpc) is 2.62. The molecule has 1 aromatic carbocycles. The van der Waals surface area contributed by atoms with Crippen molar-refractivity contribution in [2.45, 2.75) is 24.3 Å². The number of rotatable bonds is 5. The van der Waals surface area contributed by atoms with Crippen LogP contribution in [0.2, 0.25) is 0 Å². The molecule has 1 unspecified atom stereocenters. The monoisotopic (exact) mass is 373 g/mol. The minimum Gasteiger partial charge on any atom is -0.384 e. The van der Waals surface area contributed by atoms with Gasteiger partial charge in [-0.3, -0.25) is 4.79 Å². The Labute approximate surface area is 157 Å². The van der Waals surface area contributed by atoms with Gasteiger partial charge < -0.3 is 20.7 Å². The third kappa shape index (κ3) is 4.86. The molecule has 3 N–H and O–H groups in total. The fourth-order valence-electron chi connectivity index (χ4n) is 2.65. The third-order valence-corrected chi connectivity index (χ3v) is 4.98. The quantitative estimate of drug-likeness (QED) is 0.614. The molecule has 1 aliphatic rings. The van der Waals surface area contributed by atoms with Crippen LogP contribution in [0.3, 0.4) is 0 Å². The molecular weight excluding hydrogens is 350 g/mol. The van der Waals surface area contributed by atoms with Crippen LogP contribution in [0.15, 0.2) is 35.5 Å². The third-order valence-electron chi connectivity index (χ3n) is 4.02. The molecule has 8 heteroatoms. The predicted molar refractivity (Wildman–Crippen MR) is 105 cm³/mol. The number of aromatic nitrogens is 2. The summed E-state index contributed by atoms with van der Waals surface area (Å²) in [6, 6.07) is 9.57. The number of amides is 1. The van der Waals surface area contributed by atoms with E-state index in [4.69, 9.17) is 10.5 Å². The summed E-state index contributed by atoms with van der Waals surface area (Å²) in [6.07, 6.45) is 0. The largest absolute Gasteiger partial charge is 0.384 e. The van der Waals surface area contributed by atoms with Gasteiger partial charge in [-0.1, -0.05) is 11.8 Å². The Morgan fingerprint density at radius 2 is 1.96 bits per heavy atom. The Morgan fingerprint density at radius 1 is 1.27 bits per heavy atom. The lowest BCUT2D eigenvalue weighted by molar-refractivity contribution is -0.115. The molecular formula is C18H23N5O2S. The van der Waals surface area contributed by atoms with Crippen molar-refractivity contribution in [3.63, 3.8) is 0 Å². The molecule has 0 saturated carbocycles. The van der Waals surface area contributed by atoms with Crippen molar-refractivity contribution in [3.05, 3.63) is 36.0 Å². The van der Waals surface area contributed by atoms with E-state index < -0.39 is 0 Å². The van der Waals surface area contributed by atoms with Gasteiger partial charge in [-0.25, -0.2) is 9.97 Å². The van der Waals surface area contributed by atoms with Crippen molar-refractivity contribution in [2.24, 2.45) is 0 Å². The second kappa shape index (κ2) is 8.37. The number of aryl methyl sites for hydroxylation is 1. The van der Waals surface area contributed by atoms with Crippen LogP contribution < -0.4 is 16.0 Å². The van der Waals surface area contributed by atoms with Gasteiger partial charge in [0, 0.05) is 36.2 Å². The highest BCUT2D eigenvalue weighted by Gasteiger charge is 2.17. The minimum absolute atomic E-state index is 0.0993. The number of carbonyl (C=O) groups excluding carboxylic acids is 1. The first-order valence-corrected chi connectivity index (χ1v) is 9.40. The summed E-state index contributed by atoms with van der Waals surface area (Å²) in [4.78, 5) is 23.2. The number of morpholine rings is 1. The van der Waals surface area contributed by atoms with Crippen LogP contribution in [0.25, 0.3) is 0 Å². The smallest absolute Gasteiger partial charge is 0.237 e. The van der Waals surface area contributed by atoms with Crippen LogP contribution in [0, 0.1) is 6.92 Å². The summed E-state index contributed by atoms with van der Waals surface area (Å²) in [6.45, 7) is 6.95. The Kier molecular flexibility index (Phi) is 5.95. The van der Waals surface area contributed by atoms with Gasteiger partial charge in [-0.15, -0.1) is 0 Å². The van der Waals surface area contributed by atoms with E-state index in [1.165, 1.54) is 11.8 Å². The SMILES string of the molecule is Cc1cc(N)nc(SC(C)C(=O)Nc2ccc(N3CCOCC3)cc2)n1. The van der Waals surface area contributed by atoms with Crippen LogP contribution in [0.4, 0.5) is 17.2 Å². The van der Waals surface area contributed by atoms with Crippen LogP contribution in [0.1, 0.15) is 12.6 Å². The molecule has 1 aliphatic heterocycles. The van der Waals surface area contributed by atoms with Crippen molar-refractivity contribution in [2.75, 3.05) is 42.3 Å². The van der Waals surface area contributed by atoms with Gasteiger partial charge >= 0.3 is 0 Å². The first-order valence-electron chi connectivity index (χ1n) is 8.53. The Bertz CT molecular complexity index is 742. The van der Waals surface area contributed by atoms with Crippen LogP contribution in [0.5, 0.6) is 0 Å². The van der Waals surface area contributed by atoms with Crippen molar-refractivity contribution in [1.82, 2.24) is 9.97 Å². The van der Waals surface area contributed by atoms with Gasteiger partial charge in [0.15, 0.2) is 5.16 Å². The Morgan fingerprint density at radius 3 is 2.62 bits per heavy atom. The number of hydrogen-bond acceptors (Lipinski definition) is 7. The normalized spacial score (nSPS) is 15.5. The maximum atomic E-state index is 12.4. The lowest BCUT2D eigenvalue weighted by Gasteiger charge is -2.28. The fraction of sp³-hybridized carbons (Fsp3) is 0.389. The van der Waals surface area contributed by atoms with E-state index in [2.05, 4.69) is 20.2 Å². The van der Waals surface area contributed by atoms with Gasteiger partial charge in [-0.05, 0) is 38.1 Å². The molecule has 2 aromatic rings. The molecule has 138 valence electrons. The minimum atomic E-state index is -0.338. The van der Waals surface area contributed by atoms with E-state index >= 15 is 0 Å². The summed E-state index contributed by atoms with van der Waals surface area (Å²) in [5, 5.41) is 3.10. The molecule has 0 bridgehead atoms. The number of nitrogens with zero attached hydrogens (tertiary/aromatic N) is 3. The van der Waals surface area contributed by atoms with E-state index in [9.17, 15) is 4.79 Å². The molecule has 26 heavy (non-hydrogen) atoms. The Balaban J connectivity index is 1.58. The number of nitrogen functional groups attached to an aromatic ring is 1. The van der Waals surface area contributed by atoms with Crippen molar-refractivity contribution in [3.8, 4) is 0 Å². The molecule has 1 atom stereocenters. The van der Waals surface area contributed by atoms with Gasteiger partial charge in [-0.2, -0.15) is 0 Å². The molecule has 2 heterocycles. The van der Waals surface area contributed by atoms with Crippen LogP contribution in [-0.2, 0) is 9.53 Å². The number of carbonyl (C=O) groups is 1. The number of ether oxygens (including phenoxy) is 1.